The Bertz CT molecular complexity index is 1430. The van der Waals surface area contributed by atoms with Gasteiger partial charge in [-0.1, -0.05) is 48.0 Å². The van der Waals surface area contributed by atoms with Gasteiger partial charge in [-0.3, -0.25) is 24.0 Å². The number of halogens is 1. The van der Waals surface area contributed by atoms with Crippen LogP contribution in [-0.4, -0.2) is 48.7 Å². The van der Waals surface area contributed by atoms with E-state index < -0.39 is 39.3 Å². The van der Waals surface area contributed by atoms with Crippen molar-refractivity contribution in [3.05, 3.63) is 99.6 Å². The van der Waals surface area contributed by atoms with E-state index in [2.05, 4.69) is 5.32 Å². The van der Waals surface area contributed by atoms with Crippen LogP contribution in [0.5, 0.6) is 0 Å². The summed E-state index contributed by atoms with van der Waals surface area (Å²) in [5.41, 5.74) is 0.390. The van der Waals surface area contributed by atoms with Gasteiger partial charge in [0.2, 0.25) is 11.8 Å². The molecule has 0 bridgehead atoms. The molecule has 0 saturated carbocycles. The fourth-order valence-corrected chi connectivity index (χ4v) is 5.42. The number of amides is 2. The standard InChI is InChI=1S/C27H29ClN4O6S/c1-19(2)29-27(34)20(3)30(17-21-9-7-8-12-25(21)28)26(33)18-31(22-13-15-23(16-14-22)32(35)36)39(37,38)24-10-5-4-6-11-24/h4-16,19-20H,17-18H2,1-3H3,(H,29,34)/t20-/m1/s1. The quantitative estimate of drug-likeness (QED) is 0.268. The van der Waals surface area contributed by atoms with E-state index in [1.165, 1.54) is 29.2 Å². The molecule has 1 N–H and O–H groups in total. The van der Waals surface area contributed by atoms with Gasteiger partial charge in [0, 0.05) is 29.7 Å². The van der Waals surface area contributed by atoms with E-state index in [1.807, 2.05) is 0 Å². The van der Waals surface area contributed by atoms with E-state index in [9.17, 15) is 28.1 Å². The van der Waals surface area contributed by atoms with Crippen molar-refractivity contribution in [1.29, 1.82) is 0 Å². The van der Waals surface area contributed by atoms with Crippen molar-refractivity contribution in [2.75, 3.05) is 10.8 Å². The Morgan fingerprint density at radius 2 is 1.54 bits per heavy atom. The molecule has 12 heteroatoms. The first-order chi connectivity index (χ1) is 18.4. The van der Waals surface area contributed by atoms with Crippen LogP contribution in [-0.2, 0) is 26.2 Å². The van der Waals surface area contributed by atoms with E-state index in [0.29, 0.717) is 10.6 Å². The van der Waals surface area contributed by atoms with Gasteiger partial charge in [-0.15, -0.1) is 0 Å². The Morgan fingerprint density at radius 3 is 2.10 bits per heavy atom. The molecule has 206 valence electrons. The third-order valence-corrected chi connectivity index (χ3v) is 8.01. The van der Waals surface area contributed by atoms with Gasteiger partial charge in [-0.25, -0.2) is 8.42 Å². The first-order valence-corrected chi connectivity index (χ1v) is 13.9. The Kier molecular flexibility index (Phi) is 9.66. The molecule has 0 aliphatic carbocycles. The minimum atomic E-state index is -4.27. The van der Waals surface area contributed by atoms with Gasteiger partial charge in [-0.05, 0) is 56.7 Å². The monoisotopic (exact) mass is 572 g/mol. The lowest BCUT2D eigenvalue weighted by atomic mass is 10.1. The molecule has 0 aliphatic rings. The van der Waals surface area contributed by atoms with Gasteiger partial charge < -0.3 is 10.2 Å². The maximum Gasteiger partial charge on any atom is 0.269 e. The number of benzene rings is 3. The third kappa shape index (κ3) is 7.33. The molecular weight excluding hydrogens is 544 g/mol. The lowest BCUT2D eigenvalue weighted by Crippen LogP contribution is -2.52. The van der Waals surface area contributed by atoms with E-state index >= 15 is 0 Å². The van der Waals surface area contributed by atoms with Gasteiger partial charge in [0.15, 0.2) is 0 Å². The van der Waals surface area contributed by atoms with Gasteiger partial charge in [0.25, 0.3) is 15.7 Å². The Labute approximate surface area is 232 Å². The molecule has 1 atom stereocenters. The minimum Gasteiger partial charge on any atom is -0.352 e. The summed E-state index contributed by atoms with van der Waals surface area (Å²) in [6, 6.07) is 18.1. The number of carbonyl (C=O) groups excluding carboxylic acids is 2. The predicted octanol–water partition coefficient (Wildman–Crippen LogP) is 4.39. The van der Waals surface area contributed by atoms with Crippen LogP contribution < -0.4 is 9.62 Å². The number of anilines is 1. The maximum absolute atomic E-state index is 13.8. The molecular formula is C27H29ClN4O6S. The number of nitrogens with zero attached hydrogens (tertiary/aromatic N) is 3. The molecule has 0 fully saturated rings. The molecule has 3 aromatic carbocycles. The average molecular weight is 573 g/mol. The second kappa shape index (κ2) is 12.7. The van der Waals surface area contributed by atoms with Crippen molar-refractivity contribution in [3.63, 3.8) is 0 Å². The molecule has 0 aromatic heterocycles. The van der Waals surface area contributed by atoms with Crippen LogP contribution in [0, 0.1) is 10.1 Å². The van der Waals surface area contributed by atoms with E-state index in [0.717, 1.165) is 16.4 Å². The summed E-state index contributed by atoms with van der Waals surface area (Å²) in [5.74, 6) is -1.09. The second-order valence-corrected chi connectivity index (χ2v) is 11.3. The first kappa shape index (κ1) is 29.6. The highest BCUT2D eigenvalue weighted by atomic mass is 35.5. The van der Waals surface area contributed by atoms with Crippen LogP contribution >= 0.6 is 11.6 Å². The fourth-order valence-electron chi connectivity index (χ4n) is 3.79. The van der Waals surface area contributed by atoms with Crippen molar-refractivity contribution >= 4 is 44.8 Å². The van der Waals surface area contributed by atoms with Crippen molar-refractivity contribution in [2.24, 2.45) is 0 Å². The Balaban J connectivity index is 2.05. The molecule has 2 amide bonds. The number of sulfonamides is 1. The molecule has 10 nitrogen and oxygen atoms in total. The number of carbonyl (C=O) groups is 2. The van der Waals surface area contributed by atoms with Crippen LogP contribution in [0.1, 0.15) is 26.3 Å². The van der Waals surface area contributed by atoms with Gasteiger partial charge >= 0.3 is 0 Å². The summed E-state index contributed by atoms with van der Waals surface area (Å²) in [6.07, 6.45) is 0. The largest absolute Gasteiger partial charge is 0.352 e. The number of nitro groups is 1. The summed E-state index contributed by atoms with van der Waals surface area (Å²) in [7, 11) is -4.27. The third-order valence-electron chi connectivity index (χ3n) is 5.86. The van der Waals surface area contributed by atoms with Crippen LogP contribution in [0.3, 0.4) is 0 Å². The molecule has 0 radical (unpaired) electrons. The maximum atomic E-state index is 13.8. The highest BCUT2D eigenvalue weighted by Gasteiger charge is 2.33. The highest BCUT2D eigenvalue weighted by Crippen LogP contribution is 2.27. The zero-order valence-electron chi connectivity index (χ0n) is 21.7. The van der Waals surface area contributed by atoms with Crippen molar-refractivity contribution in [1.82, 2.24) is 10.2 Å². The van der Waals surface area contributed by atoms with Crippen LogP contribution in [0.2, 0.25) is 5.02 Å². The molecule has 39 heavy (non-hydrogen) atoms. The molecule has 0 spiro atoms. The predicted molar refractivity (Wildman–Crippen MR) is 149 cm³/mol. The second-order valence-electron chi connectivity index (χ2n) is 9.05. The average Bonchev–Trinajstić information content (AvgIpc) is 2.90. The van der Waals surface area contributed by atoms with Crippen molar-refractivity contribution in [2.45, 2.75) is 44.3 Å². The van der Waals surface area contributed by atoms with E-state index in [4.69, 9.17) is 11.6 Å². The SMILES string of the molecule is CC(C)NC(=O)[C@@H](C)N(Cc1ccccc1Cl)C(=O)CN(c1ccc([N+](=O)[O-])cc1)S(=O)(=O)c1ccccc1. The number of rotatable bonds is 11. The Morgan fingerprint density at radius 1 is 0.949 bits per heavy atom. The summed E-state index contributed by atoms with van der Waals surface area (Å²) >= 11 is 6.34. The fraction of sp³-hybridized carbons (Fsp3) is 0.259. The summed E-state index contributed by atoms with van der Waals surface area (Å²) in [6.45, 7) is 4.40. The Hall–Kier alpha value is -3.96. The van der Waals surface area contributed by atoms with E-state index in [-0.39, 0.29) is 28.9 Å². The molecule has 0 heterocycles. The smallest absolute Gasteiger partial charge is 0.269 e. The molecule has 0 unspecified atom stereocenters. The van der Waals surface area contributed by atoms with Gasteiger partial charge in [0.1, 0.15) is 12.6 Å². The van der Waals surface area contributed by atoms with Crippen LogP contribution in [0.25, 0.3) is 0 Å². The topological polar surface area (TPSA) is 130 Å². The number of non-ortho nitro benzene ring substituents is 1. The first-order valence-electron chi connectivity index (χ1n) is 12.1. The zero-order valence-corrected chi connectivity index (χ0v) is 23.2. The van der Waals surface area contributed by atoms with Crippen LogP contribution in [0.4, 0.5) is 11.4 Å². The molecule has 0 aliphatic heterocycles. The number of hydrogen-bond acceptors (Lipinski definition) is 6. The highest BCUT2D eigenvalue weighted by molar-refractivity contribution is 7.92. The minimum absolute atomic E-state index is 0.0507. The van der Waals surface area contributed by atoms with Gasteiger partial charge in [0.05, 0.1) is 15.5 Å². The molecule has 3 rings (SSSR count). The van der Waals surface area contributed by atoms with Crippen molar-refractivity contribution < 1.29 is 22.9 Å². The number of hydrogen-bond donors (Lipinski definition) is 1. The summed E-state index contributed by atoms with van der Waals surface area (Å²) in [5, 5.41) is 14.3. The number of nitrogens with one attached hydrogen (secondary N) is 1. The molecule has 3 aromatic rings. The summed E-state index contributed by atoms with van der Waals surface area (Å²) < 4.78 is 28.3. The van der Waals surface area contributed by atoms with Gasteiger partial charge in [-0.2, -0.15) is 0 Å². The van der Waals surface area contributed by atoms with Crippen LogP contribution in [0.15, 0.2) is 83.8 Å². The summed E-state index contributed by atoms with van der Waals surface area (Å²) in [4.78, 5) is 38.5. The van der Waals surface area contributed by atoms with E-state index in [1.54, 1.807) is 63.2 Å². The molecule has 0 saturated heterocycles. The number of nitro benzene ring substituents is 1. The lowest BCUT2D eigenvalue weighted by Gasteiger charge is -2.32. The normalized spacial score (nSPS) is 12.0. The lowest BCUT2D eigenvalue weighted by molar-refractivity contribution is -0.384. The van der Waals surface area contributed by atoms with Crippen molar-refractivity contribution in [3.8, 4) is 0 Å². The zero-order chi connectivity index (χ0) is 28.7.